The van der Waals surface area contributed by atoms with Crippen molar-refractivity contribution < 1.29 is 9.53 Å². The van der Waals surface area contributed by atoms with Crippen LogP contribution in [0.1, 0.15) is 10.5 Å². The summed E-state index contributed by atoms with van der Waals surface area (Å²) in [6.07, 6.45) is 0. The van der Waals surface area contributed by atoms with Gasteiger partial charge >= 0.3 is 0 Å². The van der Waals surface area contributed by atoms with Crippen LogP contribution in [0.3, 0.4) is 0 Å². The number of benzene rings is 1. The predicted octanol–water partition coefficient (Wildman–Crippen LogP) is 3.40. The van der Waals surface area contributed by atoms with Gasteiger partial charge in [-0.2, -0.15) is 0 Å². The van der Waals surface area contributed by atoms with Crippen LogP contribution >= 0.6 is 27.3 Å². The standard InChI is InChI=1S/C12H10BrNO2S/c1-16-9-4-2-8(3-5-9)12-14-10(7-17-12)11(15)6-13/h2-5,7H,6H2,1H3. The molecule has 0 radical (unpaired) electrons. The number of ketones is 1. The molecule has 0 aliphatic carbocycles. The van der Waals surface area contributed by atoms with Gasteiger partial charge < -0.3 is 4.74 Å². The van der Waals surface area contributed by atoms with Crippen LogP contribution in [0.4, 0.5) is 0 Å². The highest BCUT2D eigenvalue weighted by atomic mass is 79.9. The van der Waals surface area contributed by atoms with Crippen LogP contribution in [-0.2, 0) is 0 Å². The lowest BCUT2D eigenvalue weighted by Crippen LogP contribution is -1.99. The fourth-order valence-corrected chi connectivity index (χ4v) is 2.45. The van der Waals surface area contributed by atoms with Crippen molar-refractivity contribution in [2.45, 2.75) is 0 Å². The maximum absolute atomic E-state index is 11.4. The van der Waals surface area contributed by atoms with Crippen molar-refractivity contribution in [1.82, 2.24) is 4.98 Å². The molecular weight excluding hydrogens is 302 g/mol. The van der Waals surface area contributed by atoms with Gasteiger partial charge in [0.15, 0.2) is 5.78 Å². The molecule has 2 rings (SSSR count). The summed E-state index contributed by atoms with van der Waals surface area (Å²) in [6.45, 7) is 0. The number of Topliss-reactive ketones (excluding diaryl/α,β-unsaturated/α-hetero) is 1. The van der Waals surface area contributed by atoms with Crippen molar-refractivity contribution in [3.05, 3.63) is 35.3 Å². The number of ether oxygens (including phenoxy) is 1. The molecule has 1 aromatic heterocycles. The molecule has 0 fully saturated rings. The third-order valence-electron chi connectivity index (χ3n) is 2.25. The summed E-state index contributed by atoms with van der Waals surface area (Å²) >= 11 is 4.60. The van der Waals surface area contributed by atoms with E-state index in [0.717, 1.165) is 16.3 Å². The van der Waals surface area contributed by atoms with E-state index in [9.17, 15) is 4.79 Å². The maximum Gasteiger partial charge on any atom is 0.192 e. The normalized spacial score (nSPS) is 10.2. The van der Waals surface area contributed by atoms with E-state index < -0.39 is 0 Å². The van der Waals surface area contributed by atoms with Gasteiger partial charge in [-0.1, -0.05) is 15.9 Å². The molecule has 0 aliphatic rings. The first-order chi connectivity index (χ1) is 8.24. The van der Waals surface area contributed by atoms with Gasteiger partial charge in [0.25, 0.3) is 0 Å². The quantitative estimate of drug-likeness (QED) is 0.641. The molecule has 5 heteroatoms. The minimum absolute atomic E-state index is 0.000937. The Kier molecular flexibility index (Phi) is 3.91. The van der Waals surface area contributed by atoms with Crippen LogP contribution in [0.5, 0.6) is 5.75 Å². The van der Waals surface area contributed by atoms with E-state index in [-0.39, 0.29) is 5.78 Å². The second-order valence-corrected chi connectivity index (χ2v) is 4.74. The minimum atomic E-state index is 0.000937. The number of methoxy groups -OCH3 is 1. The predicted molar refractivity (Wildman–Crippen MR) is 72.2 cm³/mol. The highest BCUT2D eigenvalue weighted by Gasteiger charge is 2.10. The van der Waals surface area contributed by atoms with Gasteiger partial charge in [0.1, 0.15) is 16.5 Å². The monoisotopic (exact) mass is 311 g/mol. The number of nitrogens with zero attached hydrogens (tertiary/aromatic N) is 1. The summed E-state index contributed by atoms with van der Waals surface area (Å²) in [7, 11) is 1.63. The lowest BCUT2D eigenvalue weighted by Gasteiger charge is -2.00. The summed E-state index contributed by atoms with van der Waals surface area (Å²) in [5.41, 5.74) is 1.50. The van der Waals surface area contributed by atoms with E-state index in [1.165, 1.54) is 11.3 Å². The van der Waals surface area contributed by atoms with Crippen LogP contribution < -0.4 is 4.74 Å². The Balaban J connectivity index is 2.27. The van der Waals surface area contributed by atoms with Crippen LogP contribution in [0.2, 0.25) is 0 Å². The summed E-state index contributed by atoms with van der Waals surface area (Å²) in [4.78, 5) is 15.7. The molecule has 0 saturated heterocycles. The molecule has 0 saturated carbocycles. The molecule has 1 aromatic carbocycles. The van der Waals surface area contributed by atoms with Crippen LogP contribution in [0.15, 0.2) is 29.6 Å². The molecule has 1 heterocycles. The third kappa shape index (κ3) is 2.73. The Hall–Kier alpha value is -1.20. The highest BCUT2D eigenvalue weighted by molar-refractivity contribution is 9.09. The average molecular weight is 312 g/mol. The third-order valence-corrected chi connectivity index (χ3v) is 3.65. The number of hydrogen-bond acceptors (Lipinski definition) is 4. The highest BCUT2D eigenvalue weighted by Crippen LogP contribution is 2.25. The van der Waals surface area contributed by atoms with Gasteiger partial charge in [-0.25, -0.2) is 4.98 Å². The number of thiazole rings is 1. The fourth-order valence-electron chi connectivity index (χ4n) is 1.34. The maximum atomic E-state index is 11.4. The molecular formula is C12H10BrNO2S. The summed E-state index contributed by atoms with van der Waals surface area (Å²) in [6, 6.07) is 7.62. The van der Waals surface area contributed by atoms with Crippen LogP contribution in [-0.4, -0.2) is 23.2 Å². The Morgan fingerprint density at radius 3 is 2.71 bits per heavy atom. The molecule has 0 unspecified atom stereocenters. The molecule has 88 valence electrons. The lowest BCUT2D eigenvalue weighted by molar-refractivity contribution is 0.102. The van der Waals surface area contributed by atoms with Crippen molar-refractivity contribution in [3.63, 3.8) is 0 Å². The van der Waals surface area contributed by atoms with E-state index in [0.29, 0.717) is 11.0 Å². The topological polar surface area (TPSA) is 39.2 Å². The minimum Gasteiger partial charge on any atom is -0.497 e. The zero-order valence-corrected chi connectivity index (χ0v) is 11.5. The largest absolute Gasteiger partial charge is 0.497 e. The van der Waals surface area contributed by atoms with Gasteiger partial charge in [0.2, 0.25) is 0 Å². The molecule has 0 aliphatic heterocycles. The van der Waals surface area contributed by atoms with Gasteiger partial charge in [-0.3, -0.25) is 4.79 Å². The Morgan fingerprint density at radius 2 is 2.12 bits per heavy atom. The van der Waals surface area contributed by atoms with Gasteiger partial charge in [-0.05, 0) is 24.3 Å². The Labute approximate surface area is 112 Å². The Bertz CT molecular complexity index is 522. The smallest absolute Gasteiger partial charge is 0.192 e. The Morgan fingerprint density at radius 1 is 1.41 bits per heavy atom. The molecule has 0 spiro atoms. The molecule has 0 bridgehead atoms. The average Bonchev–Trinajstić information content (AvgIpc) is 2.87. The molecule has 0 N–H and O–H groups in total. The van der Waals surface area contributed by atoms with Gasteiger partial charge in [0.05, 0.1) is 12.4 Å². The van der Waals surface area contributed by atoms with Crippen LogP contribution in [0, 0.1) is 0 Å². The van der Waals surface area contributed by atoms with Crippen molar-refractivity contribution in [2.24, 2.45) is 0 Å². The number of carbonyl (C=O) groups excluding carboxylic acids is 1. The van der Waals surface area contributed by atoms with E-state index in [1.54, 1.807) is 12.5 Å². The van der Waals surface area contributed by atoms with E-state index in [4.69, 9.17) is 4.74 Å². The molecule has 17 heavy (non-hydrogen) atoms. The van der Waals surface area contributed by atoms with Crippen molar-refractivity contribution >= 4 is 33.0 Å². The molecule has 0 atom stereocenters. The summed E-state index contributed by atoms with van der Waals surface area (Å²) < 4.78 is 5.09. The number of alkyl halides is 1. The molecule has 3 nitrogen and oxygen atoms in total. The first-order valence-electron chi connectivity index (χ1n) is 4.93. The second kappa shape index (κ2) is 5.42. The van der Waals surface area contributed by atoms with Crippen molar-refractivity contribution in [1.29, 1.82) is 0 Å². The molecule has 2 aromatic rings. The summed E-state index contributed by atoms with van der Waals surface area (Å²) in [5.74, 6) is 0.808. The zero-order chi connectivity index (χ0) is 12.3. The lowest BCUT2D eigenvalue weighted by atomic mass is 10.2. The van der Waals surface area contributed by atoms with Gasteiger partial charge in [-0.15, -0.1) is 11.3 Å². The number of halogens is 1. The fraction of sp³-hybridized carbons (Fsp3) is 0.167. The van der Waals surface area contributed by atoms with Crippen molar-refractivity contribution in [2.75, 3.05) is 12.4 Å². The van der Waals surface area contributed by atoms with E-state index in [1.807, 2.05) is 24.3 Å². The van der Waals surface area contributed by atoms with Crippen LogP contribution in [0.25, 0.3) is 10.6 Å². The van der Waals surface area contributed by atoms with Crippen molar-refractivity contribution in [3.8, 4) is 16.3 Å². The zero-order valence-electron chi connectivity index (χ0n) is 9.14. The van der Waals surface area contributed by atoms with Gasteiger partial charge in [0, 0.05) is 10.9 Å². The van der Waals surface area contributed by atoms with E-state index >= 15 is 0 Å². The SMILES string of the molecule is COc1ccc(-c2nc(C(=O)CBr)cs2)cc1. The number of aromatic nitrogens is 1. The second-order valence-electron chi connectivity index (χ2n) is 3.32. The number of carbonyl (C=O) groups is 1. The number of hydrogen-bond donors (Lipinski definition) is 0. The first kappa shape index (κ1) is 12.3. The molecule has 0 amide bonds. The summed E-state index contributed by atoms with van der Waals surface area (Å²) in [5, 5.41) is 2.93. The number of rotatable bonds is 4. The first-order valence-corrected chi connectivity index (χ1v) is 6.94. The van der Waals surface area contributed by atoms with E-state index in [2.05, 4.69) is 20.9 Å².